The van der Waals surface area contributed by atoms with Crippen molar-refractivity contribution >= 4 is 11.9 Å². The van der Waals surface area contributed by atoms with Gasteiger partial charge in [0, 0.05) is 20.7 Å². The summed E-state index contributed by atoms with van der Waals surface area (Å²) in [6.07, 6.45) is -0.0927. The van der Waals surface area contributed by atoms with E-state index in [-0.39, 0.29) is 5.91 Å². The van der Waals surface area contributed by atoms with Crippen LogP contribution in [0.1, 0.15) is 29.7 Å². The Balaban J connectivity index is 1.72. The van der Waals surface area contributed by atoms with Crippen molar-refractivity contribution in [3.63, 3.8) is 0 Å². The predicted octanol–water partition coefficient (Wildman–Crippen LogP) is 2.92. The van der Waals surface area contributed by atoms with Crippen molar-refractivity contribution in [3.8, 4) is 0 Å². The molecule has 154 valence electrons. The number of amides is 3. The van der Waals surface area contributed by atoms with Crippen LogP contribution in [-0.2, 0) is 9.53 Å². The maximum absolute atomic E-state index is 13.6. The number of rotatable bonds is 5. The molecule has 0 saturated carbocycles. The number of carbonyl (C=O) groups is 2. The Morgan fingerprint density at radius 2 is 1.83 bits per heavy atom. The second kappa shape index (κ2) is 9.00. The van der Waals surface area contributed by atoms with Crippen molar-refractivity contribution < 1.29 is 23.1 Å². The van der Waals surface area contributed by atoms with Gasteiger partial charge in [0.25, 0.3) is 0 Å². The van der Waals surface area contributed by atoms with E-state index in [1.807, 2.05) is 6.07 Å². The fourth-order valence-electron chi connectivity index (χ4n) is 3.29. The highest BCUT2D eigenvalue weighted by Gasteiger charge is 2.33. The number of urea groups is 1. The first-order valence-electron chi connectivity index (χ1n) is 9.26. The summed E-state index contributed by atoms with van der Waals surface area (Å²) in [6.45, 7) is 0.368. The molecule has 3 amide bonds. The standard InChI is InChI=1S/C21H23F2N3O3/c1-26(2)20(27)18(13-6-4-3-5-7-13)25-21(28)24-17-10-11-29-19(17)14-8-9-15(22)16(23)12-14/h3-9,12,17-19H,10-11H2,1-2H3,(H2,24,25,28)/t17-,18+,19-/m0/s1. The Bertz CT molecular complexity index is 877. The number of ether oxygens (including phenoxy) is 1. The van der Waals surface area contributed by atoms with Crippen molar-refractivity contribution in [3.05, 3.63) is 71.3 Å². The average molecular weight is 403 g/mol. The minimum atomic E-state index is -0.970. The Labute approximate surface area is 167 Å². The molecule has 8 heteroatoms. The number of nitrogens with one attached hydrogen (secondary N) is 2. The normalized spacial score (nSPS) is 19.4. The van der Waals surface area contributed by atoms with Gasteiger partial charge < -0.3 is 20.3 Å². The zero-order valence-electron chi connectivity index (χ0n) is 16.2. The molecule has 3 atom stereocenters. The van der Waals surface area contributed by atoms with E-state index in [0.29, 0.717) is 24.2 Å². The number of carbonyl (C=O) groups excluding carboxylic acids is 2. The van der Waals surface area contributed by atoms with Gasteiger partial charge in [0.15, 0.2) is 11.6 Å². The Hall–Kier alpha value is -3.00. The third kappa shape index (κ3) is 4.89. The van der Waals surface area contributed by atoms with Gasteiger partial charge in [-0.1, -0.05) is 36.4 Å². The summed E-state index contributed by atoms with van der Waals surface area (Å²) in [5.74, 6) is -2.19. The molecule has 0 bridgehead atoms. The van der Waals surface area contributed by atoms with Gasteiger partial charge in [0.05, 0.1) is 6.04 Å². The predicted molar refractivity (Wildman–Crippen MR) is 103 cm³/mol. The first-order chi connectivity index (χ1) is 13.9. The highest BCUT2D eigenvalue weighted by atomic mass is 19.2. The van der Waals surface area contributed by atoms with E-state index >= 15 is 0 Å². The quantitative estimate of drug-likeness (QED) is 0.807. The average Bonchev–Trinajstić information content (AvgIpc) is 3.16. The molecule has 0 aliphatic carbocycles. The fraction of sp³-hybridized carbons (Fsp3) is 0.333. The lowest BCUT2D eigenvalue weighted by Gasteiger charge is -2.25. The van der Waals surface area contributed by atoms with E-state index in [0.717, 1.165) is 12.1 Å². The lowest BCUT2D eigenvalue weighted by Crippen LogP contribution is -2.48. The number of halogens is 2. The van der Waals surface area contributed by atoms with Crippen LogP contribution in [-0.4, -0.2) is 43.6 Å². The van der Waals surface area contributed by atoms with Crippen LogP contribution in [0.25, 0.3) is 0 Å². The van der Waals surface area contributed by atoms with Gasteiger partial charge >= 0.3 is 6.03 Å². The molecule has 1 heterocycles. The summed E-state index contributed by atoms with van der Waals surface area (Å²) in [6, 6.07) is 10.6. The van der Waals surface area contributed by atoms with Crippen LogP contribution in [0.4, 0.5) is 13.6 Å². The molecule has 29 heavy (non-hydrogen) atoms. The molecule has 1 aliphatic rings. The molecule has 6 nitrogen and oxygen atoms in total. The number of benzene rings is 2. The lowest BCUT2D eigenvalue weighted by molar-refractivity contribution is -0.130. The summed E-state index contributed by atoms with van der Waals surface area (Å²) in [7, 11) is 3.23. The lowest BCUT2D eigenvalue weighted by atomic mass is 10.0. The molecule has 2 aromatic rings. The topological polar surface area (TPSA) is 70.7 Å². The van der Waals surface area contributed by atoms with Gasteiger partial charge in [-0.3, -0.25) is 4.79 Å². The number of hydrogen-bond acceptors (Lipinski definition) is 3. The molecule has 2 N–H and O–H groups in total. The maximum Gasteiger partial charge on any atom is 0.316 e. The van der Waals surface area contributed by atoms with Gasteiger partial charge in [0.2, 0.25) is 5.91 Å². The van der Waals surface area contributed by atoms with Crippen LogP contribution >= 0.6 is 0 Å². The smallest absolute Gasteiger partial charge is 0.316 e. The third-order valence-corrected chi connectivity index (χ3v) is 4.78. The molecule has 0 radical (unpaired) electrons. The van der Waals surface area contributed by atoms with Gasteiger partial charge in [0.1, 0.15) is 12.1 Å². The Kier molecular flexibility index (Phi) is 6.43. The van der Waals surface area contributed by atoms with Crippen LogP contribution in [0.3, 0.4) is 0 Å². The van der Waals surface area contributed by atoms with Crippen LogP contribution in [0.2, 0.25) is 0 Å². The van der Waals surface area contributed by atoms with E-state index in [1.54, 1.807) is 38.4 Å². The highest BCUT2D eigenvalue weighted by Crippen LogP contribution is 2.30. The summed E-state index contributed by atoms with van der Waals surface area (Å²) >= 11 is 0. The molecule has 0 unspecified atom stereocenters. The molecule has 3 rings (SSSR count). The highest BCUT2D eigenvalue weighted by molar-refractivity contribution is 5.88. The molecular weight excluding hydrogens is 380 g/mol. The van der Waals surface area contributed by atoms with E-state index in [1.165, 1.54) is 11.0 Å². The Morgan fingerprint density at radius 3 is 2.48 bits per heavy atom. The number of nitrogens with zero attached hydrogens (tertiary/aromatic N) is 1. The monoisotopic (exact) mass is 403 g/mol. The van der Waals surface area contributed by atoms with E-state index in [2.05, 4.69) is 10.6 Å². The van der Waals surface area contributed by atoms with Crippen molar-refractivity contribution in [2.45, 2.75) is 24.6 Å². The van der Waals surface area contributed by atoms with Crippen LogP contribution in [0.15, 0.2) is 48.5 Å². The first-order valence-corrected chi connectivity index (χ1v) is 9.26. The molecule has 1 aliphatic heterocycles. The Morgan fingerprint density at radius 1 is 1.10 bits per heavy atom. The van der Waals surface area contributed by atoms with E-state index < -0.39 is 35.9 Å². The van der Waals surface area contributed by atoms with Crippen LogP contribution < -0.4 is 10.6 Å². The molecular formula is C21H23F2N3O3. The van der Waals surface area contributed by atoms with Crippen LogP contribution in [0.5, 0.6) is 0 Å². The summed E-state index contributed by atoms with van der Waals surface area (Å²) < 4.78 is 32.4. The van der Waals surface area contributed by atoms with E-state index in [9.17, 15) is 18.4 Å². The third-order valence-electron chi connectivity index (χ3n) is 4.78. The second-order valence-electron chi connectivity index (χ2n) is 7.05. The van der Waals surface area contributed by atoms with Gasteiger partial charge in [-0.05, 0) is 29.7 Å². The summed E-state index contributed by atoms with van der Waals surface area (Å²) in [5.41, 5.74) is 1.09. The van der Waals surface area contributed by atoms with Gasteiger partial charge in [-0.2, -0.15) is 0 Å². The molecule has 0 aromatic heterocycles. The summed E-state index contributed by atoms with van der Waals surface area (Å²) in [5, 5.41) is 5.50. The van der Waals surface area contributed by atoms with E-state index in [4.69, 9.17) is 4.74 Å². The largest absolute Gasteiger partial charge is 0.371 e. The van der Waals surface area contributed by atoms with Crippen molar-refractivity contribution in [2.24, 2.45) is 0 Å². The number of likely N-dealkylation sites (N-methyl/N-ethyl adjacent to an activating group) is 1. The molecule has 1 fully saturated rings. The zero-order chi connectivity index (χ0) is 21.0. The SMILES string of the molecule is CN(C)C(=O)[C@H](NC(=O)N[C@H]1CCO[C@H]1c1ccc(F)c(F)c1)c1ccccc1. The van der Waals surface area contributed by atoms with Crippen LogP contribution in [0, 0.1) is 11.6 Å². The van der Waals surface area contributed by atoms with Gasteiger partial charge in [-0.25, -0.2) is 13.6 Å². The molecule has 2 aromatic carbocycles. The molecule has 1 saturated heterocycles. The molecule has 0 spiro atoms. The number of hydrogen-bond donors (Lipinski definition) is 2. The van der Waals surface area contributed by atoms with Crippen molar-refractivity contribution in [1.82, 2.24) is 15.5 Å². The first kappa shape index (κ1) is 20.7. The maximum atomic E-state index is 13.6. The second-order valence-corrected chi connectivity index (χ2v) is 7.05. The minimum absolute atomic E-state index is 0.272. The fourth-order valence-corrected chi connectivity index (χ4v) is 3.29. The summed E-state index contributed by atoms with van der Waals surface area (Å²) in [4.78, 5) is 26.6. The minimum Gasteiger partial charge on any atom is -0.371 e. The van der Waals surface area contributed by atoms with Crippen molar-refractivity contribution in [1.29, 1.82) is 0 Å². The van der Waals surface area contributed by atoms with Gasteiger partial charge in [-0.15, -0.1) is 0 Å². The van der Waals surface area contributed by atoms with Crippen molar-refractivity contribution in [2.75, 3.05) is 20.7 Å². The zero-order valence-corrected chi connectivity index (χ0v) is 16.2.